The molecule has 4 aliphatic heterocycles. The highest BCUT2D eigenvalue weighted by Crippen LogP contribution is 2.50. The summed E-state index contributed by atoms with van der Waals surface area (Å²) in [6.07, 6.45) is 36.3. The molecule has 0 spiro atoms. The van der Waals surface area contributed by atoms with Crippen LogP contribution in [0.25, 0.3) is 0 Å². The van der Waals surface area contributed by atoms with Crippen molar-refractivity contribution in [2.45, 2.75) is 219 Å². The number of allylic oxidation sites excluding steroid dienone is 16. The van der Waals surface area contributed by atoms with E-state index in [1.54, 1.807) is 0 Å². The summed E-state index contributed by atoms with van der Waals surface area (Å²) in [6.45, 7) is 26.1. The van der Waals surface area contributed by atoms with E-state index < -0.39 is 10.1 Å². The lowest BCUT2D eigenvalue weighted by atomic mass is 9.81. The van der Waals surface area contributed by atoms with E-state index in [0.717, 1.165) is 129 Å². The average Bonchev–Trinajstić information content (AvgIpc) is 1.63. The molecule has 2 aliphatic carbocycles. The first kappa shape index (κ1) is 74.6. The van der Waals surface area contributed by atoms with Crippen LogP contribution in [-0.2, 0) is 46.1 Å². The molecule has 0 saturated heterocycles. The van der Waals surface area contributed by atoms with Gasteiger partial charge >= 0.3 is 5.97 Å². The monoisotopic (exact) mass is 1370 g/mol. The number of ketones is 1. The van der Waals surface area contributed by atoms with Gasteiger partial charge in [0.05, 0.1) is 28.1 Å². The number of rotatable bonds is 28. The molecule has 6 aliphatic rings. The van der Waals surface area contributed by atoms with Crippen LogP contribution in [-0.4, -0.2) is 84.3 Å². The number of fused-ring (bicyclic) bond motifs is 4. The molecule has 4 heterocycles. The summed E-state index contributed by atoms with van der Waals surface area (Å²) in [5, 5.41) is 1.71. The van der Waals surface area contributed by atoms with Gasteiger partial charge in [0.2, 0.25) is 11.4 Å². The summed E-state index contributed by atoms with van der Waals surface area (Å²) in [5.74, 6) is -0.129. The van der Waals surface area contributed by atoms with Crippen molar-refractivity contribution in [3.05, 3.63) is 212 Å². The van der Waals surface area contributed by atoms with Gasteiger partial charge in [-0.25, -0.2) is 8.42 Å². The van der Waals surface area contributed by atoms with Crippen molar-refractivity contribution in [3.8, 4) is 0 Å². The molecule has 10 rings (SSSR count). The molecule has 518 valence electrons. The van der Waals surface area contributed by atoms with Crippen LogP contribution in [0, 0.1) is 0 Å². The van der Waals surface area contributed by atoms with E-state index in [9.17, 15) is 22.6 Å². The second-order valence-electron chi connectivity index (χ2n) is 29.3. The number of carbonyl (C=O) groups is 2. The van der Waals surface area contributed by atoms with Crippen molar-refractivity contribution in [1.82, 2.24) is 0 Å². The summed E-state index contributed by atoms with van der Waals surface area (Å²) in [7, 11) is -2.80. The molecule has 0 radical (unpaired) electrons. The fraction of sp³-hybridized carbons (Fsp3) is 0.476. The van der Waals surface area contributed by atoms with Gasteiger partial charge in [0.25, 0.3) is 0 Å². The first-order chi connectivity index (χ1) is 46.4. The van der Waals surface area contributed by atoms with Crippen molar-refractivity contribution in [2.24, 2.45) is 0 Å². The zero-order valence-electron chi connectivity index (χ0n) is 59.9. The maximum Gasteiger partial charge on any atom is 0.305 e. The number of nitrogens with zero attached hydrogens (tertiary/aromatic N) is 4. The second-order valence-corrected chi connectivity index (χ2v) is 31.5. The second kappa shape index (κ2) is 33.0. The minimum absolute atomic E-state index is 0.0534. The standard InChI is InChI=1S/C43H56ClN2O.C41H51ClN2O5S/c1-7-9-16-30-45-37-24-14-12-22-35(37)42(3,4)39(45)28-26-32-19-18-20-33(41(32)44)27-29-40-43(5,6)36-23-13-15-25-38(36)46(40)31-17-10-11-21-34(47)8-2;1-40(2)32-18-8-10-20-34(32)43(27-12-6-7-22-38(45)49-5)36(40)25-23-30-16-15-17-31(39(30)42)24-26-37-41(3,4)33-19-9-11-21-35(33)44(37)28-13-14-29-50(46,47)48/h12-15,22-29H,7-11,16-21,30-31H2,1-6H3;8-11,18-21,23-26H,6-7,12-17,22,27-29H2,1-5H3/q+1;. The van der Waals surface area contributed by atoms with Crippen LogP contribution in [0.2, 0.25) is 0 Å². The first-order valence-corrected chi connectivity index (χ1v) is 38.4. The molecule has 0 N–H and O–H groups in total. The Labute approximate surface area is 591 Å². The average molecular weight is 1370 g/mol. The Morgan fingerprint density at radius 2 is 0.938 bits per heavy atom. The van der Waals surface area contributed by atoms with E-state index in [-0.39, 0.29) is 33.4 Å². The molecular formula is C84H107Cl2N4O6S+. The van der Waals surface area contributed by atoms with Gasteiger partial charge in [-0.2, -0.15) is 9.15 Å². The summed E-state index contributed by atoms with van der Waals surface area (Å²) in [4.78, 5) is 28.2. The third-order valence-corrected chi connectivity index (χ3v) is 22.9. The molecule has 0 amide bonds. The predicted molar refractivity (Wildman–Crippen MR) is 404 cm³/mol. The number of methoxy groups -OCH3 is 1. The Morgan fingerprint density at radius 3 is 1.39 bits per heavy atom. The molecule has 4 aromatic carbocycles. The number of unbranched alkanes of at least 4 members (excludes halogenated alkanes) is 7. The number of esters is 1. The number of hydrogen-bond acceptors (Lipinski definition) is 8. The van der Waals surface area contributed by atoms with Gasteiger partial charge < -0.3 is 19.1 Å². The van der Waals surface area contributed by atoms with Gasteiger partial charge in [0, 0.05) is 130 Å². The predicted octanol–water partition coefficient (Wildman–Crippen LogP) is 20.6. The summed E-state index contributed by atoms with van der Waals surface area (Å²) in [6, 6.07) is 34.7. The van der Waals surface area contributed by atoms with Crippen LogP contribution < -0.4 is 9.80 Å². The third-order valence-electron chi connectivity index (χ3n) is 21.1. The number of Topliss-reactive ketones (excluding diaryl/α,β-unsaturated/α-hetero) is 1. The van der Waals surface area contributed by atoms with Crippen LogP contribution >= 0.6 is 23.2 Å². The maximum absolute atomic E-state index is 11.8. The molecule has 4 aromatic rings. The fourth-order valence-electron chi connectivity index (χ4n) is 15.5. The number of hydrogen-bond donors (Lipinski definition) is 0. The van der Waals surface area contributed by atoms with E-state index >= 15 is 0 Å². The third kappa shape index (κ3) is 17.3. The first-order valence-electron chi connectivity index (χ1n) is 36.1. The Morgan fingerprint density at radius 1 is 0.515 bits per heavy atom. The lowest BCUT2D eigenvalue weighted by Gasteiger charge is -2.27. The normalized spacial score (nSPS) is 20.1. The molecule has 0 aromatic heterocycles. The summed E-state index contributed by atoms with van der Waals surface area (Å²) in [5.41, 5.74) is 19.5. The van der Waals surface area contributed by atoms with Gasteiger partial charge in [-0.1, -0.05) is 175 Å². The van der Waals surface area contributed by atoms with Crippen molar-refractivity contribution in [2.75, 3.05) is 48.8 Å². The highest BCUT2D eigenvalue weighted by molar-refractivity contribution is 7.85. The van der Waals surface area contributed by atoms with Crippen molar-refractivity contribution < 1.29 is 36.4 Å². The quantitative estimate of drug-likeness (QED) is 0.0239. The maximum atomic E-state index is 11.8. The van der Waals surface area contributed by atoms with E-state index in [4.69, 9.17) is 27.9 Å². The number of anilines is 2. The highest BCUT2D eigenvalue weighted by Gasteiger charge is 2.46. The molecule has 13 heteroatoms. The number of halogens is 2. The van der Waals surface area contributed by atoms with Gasteiger partial charge in [-0.3, -0.25) is 9.59 Å². The largest absolute Gasteiger partial charge is 0.748 e. The van der Waals surface area contributed by atoms with E-state index in [0.29, 0.717) is 44.4 Å². The van der Waals surface area contributed by atoms with Crippen molar-refractivity contribution >= 4 is 79.2 Å². The van der Waals surface area contributed by atoms with Crippen LogP contribution in [0.3, 0.4) is 0 Å². The minimum atomic E-state index is -4.23. The topological polar surface area (TPSA) is 113 Å². The molecule has 97 heavy (non-hydrogen) atoms. The van der Waals surface area contributed by atoms with Gasteiger partial charge in [0.1, 0.15) is 18.9 Å². The highest BCUT2D eigenvalue weighted by atomic mass is 35.5. The molecule has 0 fully saturated rings. The zero-order chi connectivity index (χ0) is 69.7. The Hall–Kier alpha value is -6.63. The lowest BCUT2D eigenvalue weighted by Crippen LogP contribution is -2.28. The molecular weight excluding hydrogens is 1260 g/mol. The van der Waals surface area contributed by atoms with Gasteiger partial charge in [0.15, 0.2) is 11.4 Å². The smallest absolute Gasteiger partial charge is 0.305 e. The molecule has 0 saturated carbocycles. The van der Waals surface area contributed by atoms with E-state index in [1.807, 2.05) is 13.0 Å². The number of carbonyl (C=O) groups excluding carboxylic acids is 2. The van der Waals surface area contributed by atoms with E-state index in [2.05, 4.69) is 221 Å². The van der Waals surface area contributed by atoms with Crippen LogP contribution in [0.5, 0.6) is 0 Å². The Balaban J connectivity index is 0.000000228. The molecule has 10 nitrogen and oxygen atoms in total. The fourth-order valence-corrected chi connectivity index (χ4v) is 16.7. The number of benzene rings is 4. The Bertz CT molecular complexity index is 4000. The molecule has 0 atom stereocenters. The van der Waals surface area contributed by atoms with Gasteiger partial charge in [-0.05, 0) is 169 Å². The molecule has 0 unspecified atom stereocenters. The van der Waals surface area contributed by atoms with Crippen LogP contribution in [0.15, 0.2) is 189 Å². The summed E-state index contributed by atoms with van der Waals surface area (Å²) < 4.78 is 43.4. The van der Waals surface area contributed by atoms with Crippen LogP contribution in [0.4, 0.5) is 22.7 Å². The SMILES string of the molecule is CCCCC[N+]1=C(/C=C/C2=C(Cl)C(=C/C=C3/N(CCCCCC(=O)CC)c4ccccc4C3(C)C)/CCC2)C(C)(C)c2ccccc21.COC(=O)CCCCC[N+]1=C(C=CC2=C(Cl)C(=CC=C3N(CCCCS(=O)(=O)[O-])c4ccccc4C3(C)C)CCC2)C(C)(C)c2ccccc21. The molecule has 0 bridgehead atoms. The number of ether oxygens (including phenoxy) is 1. The van der Waals surface area contributed by atoms with Gasteiger partial charge in [-0.15, -0.1) is 0 Å². The zero-order valence-corrected chi connectivity index (χ0v) is 62.3. The van der Waals surface area contributed by atoms with Crippen molar-refractivity contribution in [1.29, 1.82) is 0 Å². The summed E-state index contributed by atoms with van der Waals surface area (Å²) >= 11 is 14.4. The van der Waals surface area contributed by atoms with Crippen LogP contribution in [0.1, 0.15) is 220 Å². The minimum Gasteiger partial charge on any atom is -0.748 e. The van der Waals surface area contributed by atoms with E-state index in [1.165, 1.54) is 94.0 Å². The lowest BCUT2D eigenvalue weighted by molar-refractivity contribution is -0.438. The van der Waals surface area contributed by atoms with Crippen molar-refractivity contribution in [3.63, 3.8) is 0 Å². The Kier molecular flexibility index (Phi) is 25.4. The number of para-hydroxylation sites is 4.